The molecule has 4 nitrogen and oxygen atoms in total. The Morgan fingerprint density at radius 2 is 2.10 bits per heavy atom. The first-order chi connectivity index (χ1) is 10.1. The van der Waals surface area contributed by atoms with Gasteiger partial charge in [0.1, 0.15) is 5.75 Å². The Morgan fingerprint density at radius 3 is 2.71 bits per heavy atom. The number of aliphatic carboxylic acids is 1. The van der Waals surface area contributed by atoms with Crippen LogP contribution in [0.1, 0.15) is 39.5 Å². The number of nitrogens with zero attached hydrogens (tertiary/aromatic N) is 1. The monoisotopic (exact) mass is 293 g/mol. The van der Waals surface area contributed by atoms with E-state index in [0.717, 1.165) is 24.4 Å². The molecule has 1 atom stereocenters. The molecule has 0 spiro atoms. The van der Waals surface area contributed by atoms with Gasteiger partial charge in [-0.25, -0.2) is 0 Å². The van der Waals surface area contributed by atoms with Gasteiger partial charge in [0.15, 0.2) is 0 Å². The first-order valence-corrected chi connectivity index (χ1v) is 7.70. The average Bonchev–Trinajstić information content (AvgIpc) is 2.50. The molecule has 0 saturated heterocycles. The Kier molecular flexibility index (Phi) is 7.65. The normalized spacial score (nSPS) is 12.0. The number of methoxy groups -OCH3 is 1. The van der Waals surface area contributed by atoms with Gasteiger partial charge in [0.25, 0.3) is 0 Å². The van der Waals surface area contributed by atoms with Crippen molar-refractivity contribution >= 4 is 11.7 Å². The van der Waals surface area contributed by atoms with Crippen molar-refractivity contribution in [2.45, 2.75) is 39.5 Å². The predicted molar refractivity (Wildman–Crippen MR) is 86.1 cm³/mol. The molecule has 0 aromatic heterocycles. The number of hydrogen-bond donors (Lipinski definition) is 1. The lowest BCUT2D eigenvalue weighted by molar-refractivity contribution is -0.140. The van der Waals surface area contributed by atoms with E-state index in [0.29, 0.717) is 6.54 Å². The fraction of sp³-hybridized carbons (Fsp3) is 0.588. The van der Waals surface area contributed by atoms with Crippen LogP contribution in [0.2, 0.25) is 0 Å². The zero-order chi connectivity index (χ0) is 15.7. The number of benzene rings is 1. The van der Waals surface area contributed by atoms with E-state index >= 15 is 0 Å². The van der Waals surface area contributed by atoms with Crippen LogP contribution in [-0.2, 0) is 4.79 Å². The van der Waals surface area contributed by atoms with E-state index in [2.05, 4.69) is 11.8 Å². The highest BCUT2D eigenvalue weighted by atomic mass is 16.5. The molecule has 21 heavy (non-hydrogen) atoms. The number of hydrogen-bond acceptors (Lipinski definition) is 3. The minimum atomic E-state index is -0.753. The number of carbonyl (C=O) groups is 1. The fourth-order valence-corrected chi connectivity index (χ4v) is 2.27. The first-order valence-electron chi connectivity index (χ1n) is 7.70. The van der Waals surface area contributed by atoms with Crippen molar-refractivity contribution in [2.24, 2.45) is 5.92 Å². The van der Waals surface area contributed by atoms with Crippen molar-refractivity contribution in [3.05, 3.63) is 24.3 Å². The quantitative estimate of drug-likeness (QED) is 0.667. The maximum absolute atomic E-state index is 11.1. The Morgan fingerprint density at radius 1 is 1.33 bits per heavy atom. The molecule has 0 bridgehead atoms. The number of anilines is 1. The van der Waals surface area contributed by atoms with Crippen molar-refractivity contribution < 1.29 is 14.6 Å². The van der Waals surface area contributed by atoms with Crippen LogP contribution in [0.5, 0.6) is 5.75 Å². The maximum Gasteiger partial charge on any atom is 0.308 e. The van der Waals surface area contributed by atoms with Gasteiger partial charge in [0, 0.05) is 24.8 Å². The number of carboxylic acid groups (broad SMARTS) is 1. The third kappa shape index (κ3) is 6.06. The van der Waals surface area contributed by atoms with E-state index in [-0.39, 0.29) is 5.92 Å². The Hall–Kier alpha value is -1.71. The molecule has 0 aliphatic heterocycles. The summed E-state index contributed by atoms with van der Waals surface area (Å²) >= 11 is 0. The molecule has 0 aliphatic carbocycles. The van der Waals surface area contributed by atoms with Gasteiger partial charge in [0.2, 0.25) is 0 Å². The Bertz CT molecular complexity index is 434. The van der Waals surface area contributed by atoms with E-state index in [1.807, 2.05) is 24.3 Å². The predicted octanol–water partition coefficient (Wildman–Crippen LogP) is 3.80. The van der Waals surface area contributed by atoms with Crippen LogP contribution < -0.4 is 9.64 Å². The number of unbranched alkanes of at least 4 members (excludes halogenated alkanes) is 3. The van der Waals surface area contributed by atoms with Crippen molar-refractivity contribution in [1.82, 2.24) is 0 Å². The molecule has 0 heterocycles. The largest absolute Gasteiger partial charge is 0.497 e. The topological polar surface area (TPSA) is 49.8 Å². The summed E-state index contributed by atoms with van der Waals surface area (Å²) in [6.45, 7) is 5.34. The molecule has 0 fully saturated rings. The Balaban J connectivity index is 2.76. The molecule has 1 rings (SSSR count). The van der Waals surface area contributed by atoms with Crippen molar-refractivity contribution in [3.63, 3.8) is 0 Å². The van der Waals surface area contributed by atoms with Crippen molar-refractivity contribution in [2.75, 3.05) is 25.1 Å². The summed E-state index contributed by atoms with van der Waals surface area (Å²) in [6.07, 6.45) is 4.68. The van der Waals surface area contributed by atoms with E-state index in [9.17, 15) is 4.79 Å². The lowest BCUT2D eigenvalue weighted by Gasteiger charge is -2.27. The van der Waals surface area contributed by atoms with Gasteiger partial charge < -0.3 is 14.7 Å². The third-order valence-corrected chi connectivity index (χ3v) is 3.62. The average molecular weight is 293 g/mol. The Labute approximate surface area is 127 Å². The highest BCUT2D eigenvalue weighted by Gasteiger charge is 2.16. The molecular formula is C17H27NO3. The zero-order valence-corrected chi connectivity index (χ0v) is 13.3. The van der Waals surface area contributed by atoms with Crippen LogP contribution in [0.4, 0.5) is 5.69 Å². The minimum Gasteiger partial charge on any atom is -0.497 e. The molecule has 0 saturated carbocycles. The van der Waals surface area contributed by atoms with Gasteiger partial charge >= 0.3 is 5.97 Å². The molecule has 0 aliphatic rings. The van der Waals surface area contributed by atoms with E-state index in [1.165, 1.54) is 19.3 Å². The lowest BCUT2D eigenvalue weighted by atomic mass is 10.1. The van der Waals surface area contributed by atoms with Crippen LogP contribution in [0, 0.1) is 5.92 Å². The summed E-state index contributed by atoms with van der Waals surface area (Å²) in [5.41, 5.74) is 1.03. The molecule has 0 radical (unpaired) electrons. The van der Waals surface area contributed by atoms with Crippen LogP contribution in [-0.4, -0.2) is 31.3 Å². The molecule has 1 unspecified atom stereocenters. The van der Waals surface area contributed by atoms with Gasteiger partial charge in [-0.1, -0.05) is 39.2 Å². The molecule has 1 N–H and O–H groups in total. The summed E-state index contributed by atoms with van der Waals surface area (Å²) in [6, 6.07) is 7.82. The third-order valence-electron chi connectivity index (χ3n) is 3.62. The molecule has 118 valence electrons. The summed E-state index contributed by atoms with van der Waals surface area (Å²) in [7, 11) is 1.64. The molecule has 4 heteroatoms. The van der Waals surface area contributed by atoms with E-state index < -0.39 is 5.97 Å². The van der Waals surface area contributed by atoms with E-state index in [1.54, 1.807) is 14.0 Å². The fourth-order valence-electron chi connectivity index (χ4n) is 2.27. The molecule has 1 aromatic rings. The number of carboxylic acids is 1. The number of rotatable bonds is 10. The van der Waals surface area contributed by atoms with Crippen LogP contribution >= 0.6 is 0 Å². The minimum absolute atomic E-state index is 0.387. The highest BCUT2D eigenvalue weighted by Crippen LogP contribution is 2.22. The molecular weight excluding hydrogens is 266 g/mol. The van der Waals surface area contributed by atoms with Gasteiger partial charge in [-0.2, -0.15) is 0 Å². The van der Waals surface area contributed by atoms with Gasteiger partial charge in [-0.15, -0.1) is 0 Å². The van der Waals surface area contributed by atoms with Crippen molar-refractivity contribution in [3.8, 4) is 5.75 Å². The molecule has 0 amide bonds. The summed E-state index contributed by atoms with van der Waals surface area (Å²) in [5, 5.41) is 9.14. The van der Waals surface area contributed by atoms with Crippen LogP contribution in [0.3, 0.4) is 0 Å². The van der Waals surface area contributed by atoms with E-state index in [4.69, 9.17) is 9.84 Å². The van der Waals surface area contributed by atoms with Gasteiger partial charge in [0.05, 0.1) is 13.0 Å². The lowest BCUT2D eigenvalue weighted by Crippen LogP contribution is -2.32. The van der Waals surface area contributed by atoms with Gasteiger partial charge in [-0.05, 0) is 18.6 Å². The summed E-state index contributed by atoms with van der Waals surface area (Å²) in [5.74, 6) is -0.340. The van der Waals surface area contributed by atoms with Crippen LogP contribution in [0.25, 0.3) is 0 Å². The van der Waals surface area contributed by atoms with Gasteiger partial charge in [-0.3, -0.25) is 4.79 Å². The smallest absolute Gasteiger partial charge is 0.308 e. The summed E-state index contributed by atoms with van der Waals surface area (Å²) < 4.78 is 5.26. The first kappa shape index (κ1) is 17.3. The second-order valence-electron chi connectivity index (χ2n) is 5.45. The maximum atomic E-state index is 11.1. The second kappa shape index (κ2) is 9.27. The zero-order valence-electron chi connectivity index (χ0n) is 13.3. The second-order valence-corrected chi connectivity index (χ2v) is 5.45. The SMILES string of the molecule is CCCCCCN(CC(C)C(=O)O)c1cccc(OC)c1. The standard InChI is InChI=1S/C17H27NO3/c1-4-5-6-7-11-18(13-14(2)17(19)20)15-9-8-10-16(12-15)21-3/h8-10,12,14H,4-7,11,13H2,1-3H3,(H,19,20). The van der Waals surface area contributed by atoms with Crippen molar-refractivity contribution in [1.29, 1.82) is 0 Å². The highest BCUT2D eigenvalue weighted by molar-refractivity contribution is 5.70. The van der Waals surface area contributed by atoms with Crippen LogP contribution in [0.15, 0.2) is 24.3 Å². The number of ether oxygens (including phenoxy) is 1. The summed E-state index contributed by atoms with van der Waals surface area (Å²) in [4.78, 5) is 13.3. The molecule has 1 aromatic carbocycles.